The minimum absolute atomic E-state index is 0.0278. The van der Waals surface area contributed by atoms with Crippen LogP contribution in [0, 0.1) is 0 Å². The summed E-state index contributed by atoms with van der Waals surface area (Å²) < 4.78 is 10.0. The highest BCUT2D eigenvalue weighted by atomic mass is 16.6. The molecule has 1 N–H and O–H groups in total. The average Bonchev–Trinajstić information content (AvgIpc) is 1.82. The molecule has 3 heteroatoms. The Morgan fingerprint density at radius 1 is 1.40 bits per heavy atom. The summed E-state index contributed by atoms with van der Waals surface area (Å²) in [6.45, 7) is 6.61. The third-order valence-corrected chi connectivity index (χ3v) is 0.986. The van der Waals surface area contributed by atoms with Gasteiger partial charge in [0.2, 0.25) is 0 Å². The summed E-state index contributed by atoms with van der Waals surface area (Å²) in [6.07, 6.45) is -0.726. The highest BCUT2D eigenvalue weighted by molar-refractivity contribution is 4.45. The monoisotopic (exact) mass is 148 g/mol. The van der Waals surface area contributed by atoms with E-state index in [1.807, 2.05) is 13.8 Å². The van der Waals surface area contributed by atoms with Crippen LogP contribution in [-0.2, 0) is 9.47 Å². The smallest absolute Gasteiger partial charge is 0.152 e. The standard InChI is InChI=1S/C7H16O3/c1-4-9-5-6(2)10-7(3)8/h6-8H,4-5H2,1-3H3. The largest absolute Gasteiger partial charge is 0.379 e. The number of hydrogen-bond donors (Lipinski definition) is 1. The maximum Gasteiger partial charge on any atom is 0.152 e. The molecule has 0 aromatic carbocycles. The SMILES string of the molecule is CCOCC(C)OC(C)O. The molecule has 0 saturated heterocycles. The molecule has 0 heterocycles. The van der Waals surface area contributed by atoms with E-state index in [4.69, 9.17) is 14.6 Å². The van der Waals surface area contributed by atoms with E-state index in [0.717, 1.165) is 0 Å². The second-order valence-corrected chi connectivity index (χ2v) is 2.21. The minimum atomic E-state index is -0.699. The summed E-state index contributed by atoms with van der Waals surface area (Å²) in [7, 11) is 0. The molecule has 0 bridgehead atoms. The Kier molecular flexibility index (Phi) is 5.58. The summed E-state index contributed by atoms with van der Waals surface area (Å²) in [4.78, 5) is 0. The van der Waals surface area contributed by atoms with Crippen LogP contribution in [0.4, 0.5) is 0 Å². The van der Waals surface area contributed by atoms with E-state index in [-0.39, 0.29) is 6.10 Å². The number of rotatable bonds is 5. The van der Waals surface area contributed by atoms with Gasteiger partial charge in [0.1, 0.15) is 0 Å². The Morgan fingerprint density at radius 3 is 2.40 bits per heavy atom. The van der Waals surface area contributed by atoms with Crippen LogP contribution in [-0.4, -0.2) is 30.7 Å². The highest BCUT2D eigenvalue weighted by Gasteiger charge is 2.03. The molecule has 0 aromatic rings. The predicted molar refractivity (Wildman–Crippen MR) is 38.7 cm³/mol. The van der Waals surface area contributed by atoms with Crippen LogP contribution in [0.3, 0.4) is 0 Å². The molecule has 0 aliphatic carbocycles. The van der Waals surface area contributed by atoms with Gasteiger partial charge in [-0.15, -0.1) is 0 Å². The van der Waals surface area contributed by atoms with Crippen LogP contribution in [0.25, 0.3) is 0 Å². The Bertz CT molecular complexity index is 73.3. The van der Waals surface area contributed by atoms with Gasteiger partial charge in [-0.2, -0.15) is 0 Å². The van der Waals surface area contributed by atoms with Crippen molar-refractivity contribution in [1.29, 1.82) is 0 Å². The predicted octanol–water partition coefficient (Wildman–Crippen LogP) is 0.766. The van der Waals surface area contributed by atoms with E-state index in [9.17, 15) is 0 Å². The fraction of sp³-hybridized carbons (Fsp3) is 1.00. The molecule has 0 rings (SSSR count). The van der Waals surface area contributed by atoms with Crippen molar-refractivity contribution < 1.29 is 14.6 Å². The van der Waals surface area contributed by atoms with Gasteiger partial charge in [-0.25, -0.2) is 0 Å². The van der Waals surface area contributed by atoms with Crippen molar-refractivity contribution in [1.82, 2.24) is 0 Å². The van der Waals surface area contributed by atoms with E-state index in [1.165, 1.54) is 0 Å². The molecule has 0 radical (unpaired) electrons. The van der Waals surface area contributed by atoms with Gasteiger partial charge in [-0.3, -0.25) is 0 Å². The third-order valence-electron chi connectivity index (χ3n) is 0.986. The Morgan fingerprint density at radius 2 is 2.00 bits per heavy atom. The van der Waals surface area contributed by atoms with Crippen molar-refractivity contribution in [3.05, 3.63) is 0 Å². The number of aliphatic hydroxyl groups is 1. The lowest BCUT2D eigenvalue weighted by Crippen LogP contribution is -2.21. The van der Waals surface area contributed by atoms with E-state index < -0.39 is 6.29 Å². The molecule has 0 amide bonds. The van der Waals surface area contributed by atoms with E-state index in [1.54, 1.807) is 6.92 Å². The fourth-order valence-corrected chi connectivity index (χ4v) is 0.659. The molecular formula is C7H16O3. The van der Waals surface area contributed by atoms with Gasteiger partial charge in [-0.05, 0) is 20.8 Å². The first-order chi connectivity index (χ1) is 4.66. The molecule has 0 fully saturated rings. The van der Waals surface area contributed by atoms with Crippen LogP contribution < -0.4 is 0 Å². The van der Waals surface area contributed by atoms with Crippen LogP contribution in [0.5, 0.6) is 0 Å². The molecule has 0 aliphatic rings. The second-order valence-electron chi connectivity index (χ2n) is 2.21. The zero-order valence-electron chi connectivity index (χ0n) is 6.83. The first kappa shape index (κ1) is 9.88. The van der Waals surface area contributed by atoms with Crippen LogP contribution >= 0.6 is 0 Å². The molecule has 0 saturated carbocycles. The maximum atomic E-state index is 8.74. The van der Waals surface area contributed by atoms with Crippen molar-refractivity contribution in [2.45, 2.75) is 33.2 Å². The molecule has 3 nitrogen and oxygen atoms in total. The van der Waals surface area contributed by atoms with Gasteiger partial charge in [0.05, 0.1) is 12.7 Å². The van der Waals surface area contributed by atoms with E-state index in [0.29, 0.717) is 13.2 Å². The lowest BCUT2D eigenvalue weighted by Gasteiger charge is -2.14. The first-order valence-electron chi connectivity index (χ1n) is 3.58. The lowest BCUT2D eigenvalue weighted by molar-refractivity contribution is -0.135. The highest BCUT2D eigenvalue weighted by Crippen LogP contribution is 1.95. The summed E-state index contributed by atoms with van der Waals surface area (Å²) >= 11 is 0. The number of ether oxygens (including phenoxy) is 2. The Labute approximate surface area is 62.0 Å². The summed E-state index contributed by atoms with van der Waals surface area (Å²) in [5, 5.41) is 8.74. The summed E-state index contributed by atoms with van der Waals surface area (Å²) in [5.41, 5.74) is 0. The van der Waals surface area contributed by atoms with Crippen LogP contribution in [0.15, 0.2) is 0 Å². The fourth-order valence-electron chi connectivity index (χ4n) is 0.659. The maximum absolute atomic E-state index is 8.74. The summed E-state index contributed by atoms with van der Waals surface area (Å²) in [5.74, 6) is 0. The normalized spacial score (nSPS) is 16.8. The van der Waals surface area contributed by atoms with Gasteiger partial charge in [0.25, 0.3) is 0 Å². The Hall–Kier alpha value is -0.120. The quantitative estimate of drug-likeness (QED) is 0.585. The molecule has 0 aliphatic heterocycles. The van der Waals surface area contributed by atoms with E-state index in [2.05, 4.69) is 0 Å². The second kappa shape index (κ2) is 5.65. The van der Waals surface area contributed by atoms with E-state index >= 15 is 0 Å². The van der Waals surface area contributed by atoms with Crippen molar-refractivity contribution in [2.75, 3.05) is 13.2 Å². The van der Waals surface area contributed by atoms with Gasteiger partial charge in [-0.1, -0.05) is 0 Å². The van der Waals surface area contributed by atoms with Crippen molar-refractivity contribution >= 4 is 0 Å². The van der Waals surface area contributed by atoms with Crippen LogP contribution in [0.1, 0.15) is 20.8 Å². The number of aliphatic hydroxyl groups excluding tert-OH is 1. The molecule has 62 valence electrons. The zero-order chi connectivity index (χ0) is 7.98. The lowest BCUT2D eigenvalue weighted by atomic mass is 10.4. The molecule has 2 unspecified atom stereocenters. The van der Waals surface area contributed by atoms with Gasteiger partial charge < -0.3 is 14.6 Å². The molecule has 10 heavy (non-hydrogen) atoms. The van der Waals surface area contributed by atoms with Gasteiger partial charge in [0.15, 0.2) is 6.29 Å². The van der Waals surface area contributed by atoms with Crippen molar-refractivity contribution in [2.24, 2.45) is 0 Å². The molecular weight excluding hydrogens is 132 g/mol. The van der Waals surface area contributed by atoms with Crippen LogP contribution in [0.2, 0.25) is 0 Å². The first-order valence-corrected chi connectivity index (χ1v) is 3.58. The molecule has 0 spiro atoms. The third kappa shape index (κ3) is 6.01. The van der Waals surface area contributed by atoms with Crippen molar-refractivity contribution in [3.63, 3.8) is 0 Å². The van der Waals surface area contributed by atoms with Gasteiger partial charge in [0, 0.05) is 6.61 Å². The minimum Gasteiger partial charge on any atom is -0.379 e. The topological polar surface area (TPSA) is 38.7 Å². The molecule has 2 atom stereocenters. The summed E-state index contributed by atoms with van der Waals surface area (Å²) in [6, 6.07) is 0. The zero-order valence-corrected chi connectivity index (χ0v) is 6.83. The number of hydrogen-bond acceptors (Lipinski definition) is 3. The van der Waals surface area contributed by atoms with Gasteiger partial charge >= 0.3 is 0 Å². The van der Waals surface area contributed by atoms with Crippen molar-refractivity contribution in [3.8, 4) is 0 Å². The average molecular weight is 148 g/mol. The Balaban J connectivity index is 3.16. The molecule has 0 aromatic heterocycles.